The Morgan fingerprint density at radius 1 is 1.07 bits per heavy atom. The van der Waals surface area contributed by atoms with Crippen molar-refractivity contribution in [2.24, 2.45) is 11.7 Å². The van der Waals surface area contributed by atoms with Crippen LogP contribution in [0.3, 0.4) is 0 Å². The van der Waals surface area contributed by atoms with E-state index < -0.39 is 0 Å². The summed E-state index contributed by atoms with van der Waals surface area (Å²) >= 11 is 0. The Bertz CT molecular complexity index is 806. The Kier molecular flexibility index (Phi) is 7.61. The van der Waals surface area contributed by atoms with Gasteiger partial charge in [0.1, 0.15) is 0 Å². The molecule has 6 heteroatoms. The van der Waals surface area contributed by atoms with Crippen LogP contribution in [0.15, 0.2) is 48.5 Å². The topological polar surface area (TPSA) is 66.6 Å². The van der Waals surface area contributed by atoms with Crippen LogP contribution in [0.5, 0.6) is 0 Å². The van der Waals surface area contributed by atoms with E-state index in [0.717, 1.165) is 42.7 Å². The number of hydrogen-bond donors (Lipinski definition) is 1. The van der Waals surface area contributed by atoms with E-state index in [1.54, 1.807) is 18.9 Å². The van der Waals surface area contributed by atoms with E-state index in [-0.39, 0.29) is 24.2 Å². The first-order valence-corrected chi connectivity index (χ1v) is 9.43. The minimum atomic E-state index is 0. The zero-order chi connectivity index (χ0) is 19.4. The summed E-state index contributed by atoms with van der Waals surface area (Å²) in [7, 11) is 1.76. The van der Waals surface area contributed by atoms with Gasteiger partial charge in [-0.3, -0.25) is 9.59 Å². The van der Waals surface area contributed by atoms with Crippen LogP contribution >= 0.6 is 12.4 Å². The summed E-state index contributed by atoms with van der Waals surface area (Å²) in [5, 5.41) is 0. The summed E-state index contributed by atoms with van der Waals surface area (Å²) in [6, 6.07) is 15.6. The summed E-state index contributed by atoms with van der Waals surface area (Å²) < 4.78 is 0. The van der Waals surface area contributed by atoms with Crippen molar-refractivity contribution in [1.29, 1.82) is 0 Å². The molecule has 150 valence electrons. The van der Waals surface area contributed by atoms with E-state index in [0.29, 0.717) is 18.0 Å². The van der Waals surface area contributed by atoms with Gasteiger partial charge in [-0.1, -0.05) is 24.3 Å². The van der Waals surface area contributed by atoms with Gasteiger partial charge in [-0.15, -0.1) is 12.4 Å². The molecule has 1 atom stereocenters. The van der Waals surface area contributed by atoms with Crippen LogP contribution in [0.2, 0.25) is 0 Å². The first-order valence-electron chi connectivity index (χ1n) is 9.43. The van der Waals surface area contributed by atoms with Crippen molar-refractivity contribution in [3.05, 3.63) is 54.1 Å². The largest absolute Gasteiger partial charge is 0.338 e. The van der Waals surface area contributed by atoms with Crippen molar-refractivity contribution >= 4 is 29.9 Å². The molecule has 0 aliphatic carbocycles. The third-order valence-corrected chi connectivity index (χ3v) is 5.33. The first-order chi connectivity index (χ1) is 13.0. The van der Waals surface area contributed by atoms with Gasteiger partial charge in [-0.05, 0) is 60.7 Å². The summed E-state index contributed by atoms with van der Waals surface area (Å²) in [5.41, 5.74) is 9.44. The minimum absolute atomic E-state index is 0. The third-order valence-electron chi connectivity index (χ3n) is 5.33. The van der Waals surface area contributed by atoms with Crippen molar-refractivity contribution in [3.63, 3.8) is 0 Å². The molecular formula is C22H28ClN3O2. The minimum Gasteiger partial charge on any atom is -0.338 e. The van der Waals surface area contributed by atoms with E-state index in [4.69, 9.17) is 5.73 Å². The van der Waals surface area contributed by atoms with Crippen LogP contribution in [-0.4, -0.2) is 43.4 Å². The van der Waals surface area contributed by atoms with Crippen molar-refractivity contribution in [2.75, 3.05) is 31.6 Å². The number of piperidine rings is 1. The predicted octanol–water partition coefficient (Wildman–Crippen LogP) is 3.57. The third kappa shape index (κ3) is 4.91. The maximum atomic E-state index is 12.7. The molecule has 0 bridgehead atoms. The molecule has 0 radical (unpaired) electrons. The lowest BCUT2D eigenvalue weighted by molar-refractivity contribution is -0.116. The molecule has 2 aromatic carbocycles. The Labute approximate surface area is 172 Å². The zero-order valence-electron chi connectivity index (χ0n) is 16.4. The maximum absolute atomic E-state index is 12.7. The molecule has 2 aromatic rings. The lowest BCUT2D eigenvalue weighted by atomic mass is 9.97. The van der Waals surface area contributed by atoms with Crippen molar-refractivity contribution in [2.45, 2.75) is 19.8 Å². The van der Waals surface area contributed by atoms with E-state index in [9.17, 15) is 9.59 Å². The molecular weight excluding hydrogens is 374 g/mol. The average molecular weight is 402 g/mol. The molecule has 28 heavy (non-hydrogen) atoms. The molecule has 1 aliphatic heterocycles. The highest BCUT2D eigenvalue weighted by atomic mass is 35.5. The lowest BCUT2D eigenvalue weighted by Crippen LogP contribution is -2.42. The van der Waals surface area contributed by atoms with E-state index in [1.165, 1.54) is 0 Å². The normalized spacial score (nSPS) is 16.2. The highest BCUT2D eigenvalue weighted by molar-refractivity contribution is 5.95. The summed E-state index contributed by atoms with van der Waals surface area (Å²) in [6.07, 6.45) is 2.13. The molecule has 1 saturated heterocycles. The van der Waals surface area contributed by atoms with E-state index in [1.807, 2.05) is 53.4 Å². The number of carbonyl (C=O) groups is 2. The Morgan fingerprint density at radius 2 is 1.64 bits per heavy atom. The summed E-state index contributed by atoms with van der Waals surface area (Å²) in [5.74, 6) is 0.493. The number of hydrogen-bond acceptors (Lipinski definition) is 3. The summed E-state index contributed by atoms with van der Waals surface area (Å²) in [4.78, 5) is 27.7. The SMILES string of the molecule is CC(=O)N(C)c1ccc(-c2ccc(C(=O)N3CCCC(CN)C3)cc2)cc1.Cl. The molecule has 1 fully saturated rings. The van der Waals surface area contributed by atoms with Crippen LogP contribution in [0.1, 0.15) is 30.1 Å². The molecule has 1 aliphatic rings. The zero-order valence-corrected chi connectivity index (χ0v) is 17.2. The second-order valence-corrected chi connectivity index (χ2v) is 7.20. The molecule has 0 spiro atoms. The fourth-order valence-corrected chi connectivity index (χ4v) is 3.49. The fourth-order valence-electron chi connectivity index (χ4n) is 3.49. The molecule has 0 saturated carbocycles. The number of carbonyl (C=O) groups excluding carboxylic acids is 2. The molecule has 2 amide bonds. The van der Waals surface area contributed by atoms with E-state index >= 15 is 0 Å². The maximum Gasteiger partial charge on any atom is 0.253 e. The Balaban J connectivity index is 0.00000280. The predicted molar refractivity (Wildman–Crippen MR) is 116 cm³/mol. The van der Waals surface area contributed by atoms with Crippen LogP contribution in [0.25, 0.3) is 11.1 Å². The Hall–Kier alpha value is -2.37. The second kappa shape index (κ2) is 9.71. The molecule has 1 unspecified atom stereocenters. The molecule has 5 nitrogen and oxygen atoms in total. The summed E-state index contributed by atoms with van der Waals surface area (Å²) in [6.45, 7) is 3.74. The highest BCUT2D eigenvalue weighted by Gasteiger charge is 2.23. The van der Waals surface area contributed by atoms with Gasteiger partial charge in [-0.2, -0.15) is 0 Å². The Morgan fingerprint density at radius 3 is 2.18 bits per heavy atom. The number of halogens is 1. The lowest BCUT2D eigenvalue weighted by Gasteiger charge is -2.32. The average Bonchev–Trinajstić information content (AvgIpc) is 2.73. The number of nitrogens with two attached hydrogens (primary N) is 1. The molecule has 1 heterocycles. The second-order valence-electron chi connectivity index (χ2n) is 7.20. The standard InChI is InChI=1S/C22H27N3O2.ClH/c1-16(26)24(2)21-11-9-19(10-12-21)18-5-7-20(8-6-18)22(27)25-13-3-4-17(14-23)15-25;/h5-12,17H,3-4,13-15,23H2,1-2H3;1H. The van der Waals surface area contributed by atoms with Crippen molar-refractivity contribution in [1.82, 2.24) is 4.90 Å². The smallest absolute Gasteiger partial charge is 0.253 e. The number of nitrogens with zero attached hydrogens (tertiary/aromatic N) is 2. The molecule has 3 rings (SSSR count). The van der Waals surface area contributed by atoms with Crippen molar-refractivity contribution < 1.29 is 9.59 Å². The van der Waals surface area contributed by atoms with Crippen LogP contribution in [0, 0.1) is 5.92 Å². The quantitative estimate of drug-likeness (QED) is 0.851. The number of amides is 2. The fraction of sp³-hybridized carbons (Fsp3) is 0.364. The van der Waals surface area contributed by atoms with Gasteiger partial charge in [0.25, 0.3) is 5.91 Å². The first kappa shape index (κ1) is 21.9. The van der Waals surface area contributed by atoms with Gasteiger partial charge in [0.05, 0.1) is 0 Å². The van der Waals surface area contributed by atoms with Crippen LogP contribution < -0.4 is 10.6 Å². The van der Waals surface area contributed by atoms with Gasteiger partial charge in [0.2, 0.25) is 5.91 Å². The van der Waals surface area contributed by atoms with Gasteiger partial charge >= 0.3 is 0 Å². The van der Waals surface area contributed by atoms with Gasteiger partial charge < -0.3 is 15.5 Å². The monoisotopic (exact) mass is 401 g/mol. The molecule has 0 aromatic heterocycles. The molecule has 2 N–H and O–H groups in total. The van der Waals surface area contributed by atoms with Crippen molar-refractivity contribution in [3.8, 4) is 11.1 Å². The van der Waals surface area contributed by atoms with E-state index in [2.05, 4.69) is 0 Å². The van der Waals surface area contributed by atoms with Gasteiger partial charge in [0, 0.05) is 38.3 Å². The number of rotatable bonds is 4. The number of likely N-dealkylation sites (tertiary alicyclic amines) is 1. The number of benzene rings is 2. The number of anilines is 1. The van der Waals surface area contributed by atoms with Crippen LogP contribution in [0.4, 0.5) is 5.69 Å². The van der Waals surface area contributed by atoms with Crippen LogP contribution in [-0.2, 0) is 4.79 Å². The van der Waals surface area contributed by atoms with Gasteiger partial charge in [0.15, 0.2) is 0 Å². The highest BCUT2D eigenvalue weighted by Crippen LogP contribution is 2.24. The van der Waals surface area contributed by atoms with Gasteiger partial charge in [-0.25, -0.2) is 0 Å².